The summed E-state index contributed by atoms with van der Waals surface area (Å²) in [5, 5.41) is 19.9. The average Bonchev–Trinajstić information content (AvgIpc) is 3.18. The predicted molar refractivity (Wildman–Crippen MR) is 105 cm³/mol. The second kappa shape index (κ2) is 10.7. The second-order valence-corrected chi connectivity index (χ2v) is 7.62. The minimum Gasteiger partial charge on any atom is -0.484 e. The Morgan fingerprint density at radius 3 is 2.53 bits per heavy atom. The standard InChI is InChI=1S/C19H24F3N3O4S/c1-12(8-13-2-4-14(5-3-13)29-10-17(23)28)25(6-7-26)9-16(27)15-11-30-18(24-15)19(20,21)22/h2-5,11-12,16,26-27H,6-10H2,1H3,(H2,23,28). The highest BCUT2D eigenvalue weighted by Crippen LogP contribution is 2.33. The van der Waals surface area contributed by atoms with Crippen molar-refractivity contribution in [1.82, 2.24) is 9.88 Å². The highest BCUT2D eigenvalue weighted by Gasteiger charge is 2.35. The van der Waals surface area contributed by atoms with E-state index in [4.69, 9.17) is 10.5 Å². The molecule has 166 valence electrons. The van der Waals surface area contributed by atoms with E-state index >= 15 is 0 Å². The van der Waals surface area contributed by atoms with Crippen molar-refractivity contribution < 1.29 is 32.9 Å². The Balaban J connectivity index is 1.99. The molecule has 4 N–H and O–H groups in total. The van der Waals surface area contributed by atoms with Gasteiger partial charge >= 0.3 is 6.18 Å². The normalized spacial score (nSPS) is 14.0. The smallest absolute Gasteiger partial charge is 0.443 e. The SMILES string of the molecule is CC(Cc1ccc(OCC(N)=O)cc1)N(CCO)CC(O)c1csc(C(F)(F)F)n1. The Morgan fingerprint density at radius 1 is 1.33 bits per heavy atom. The molecule has 1 aromatic heterocycles. The molecule has 11 heteroatoms. The number of hydrogen-bond donors (Lipinski definition) is 3. The molecule has 0 radical (unpaired) electrons. The zero-order valence-electron chi connectivity index (χ0n) is 16.3. The summed E-state index contributed by atoms with van der Waals surface area (Å²) in [7, 11) is 0. The maximum Gasteiger partial charge on any atom is 0.443 e. The number of alkyl halides is 3. The Morgan fingerprint density at radius 2 is 2.00 bits per heavy atom. The summed E-state index contributed by atoms with van der Waals surface area (Å²) in [6.45, 7) is 1.78. The van der Waals surface area contributed by atoms with E-state index in [2.05, 4.69) is 4.98 Å². The van der Waals surface area contributed by atoms with Crippen LogP contribution in [0.4, 0.5) is 13.2 Å². The van der Waals surface area contributed by atoms with Gasteiger partial charge in [-0.15, -0.1) is 11.3 Å². The van der Waals surface area contributed by atoms with Gasteiger partial charge in [-0.05, 0) is 31.0 Å². The van der Waals surface area contributed by atoms with Crippen molar-refractivity contribution in [2.75, 3.05) is 26.3 Å². The van der Waals surface area contributed by atoms with E-state index in [1.807, 2.05) is 19.1 Å². The monoisotopic (exact) mass is 447 g/mol. The molecule has 0 bridgehead atoms. The molecule has 1 aromatic carbocycles. The molecule has 0 aliphatic rings. The first-order valence-electron chi connectivity index (χ1n) is 9.15. The minimum atomic E-state index is -4.55. The summed E-state index contributed by atoms with van der Waals surface area (Å²) in [6, 6.07) is 6.91. The average molecular weight is 447 g/mol. The number of aliphatic hydroxyl groups is 2. The van der Waals surface area contributed by atoms with Gasteiger partial charge in [-0.3, -0.25) is 9.69 Å². The molecule has 1 amide bonds. The van der Waals surface area contributed by atoms with Crippen LogP contribution in [0.1, 0.15) is 29.3 Å². The van der Waals surface area contributed by atoms with Crippen LogP contribution in [-0.2, 0) is 17.4 Å². The maximum atomic E-state index is 12.7. The van der Waals surface area contributed by atoms with Crippen molar-refractivity contribution in [1.29, 1.82) is 0 Å². The predicted octanol–water partition coefficient (Wildman–Crippen LogP) is 1.98. The number of carbonyl (C=O) groups excluding carboxylic acids is 1. The molecule has 0 fully saturated rings. The molecule has 0 aliphatic heterocycles. The van der Waals surface area contributed by atoms with E-state index < -0.39 is 23.2 Å². The third-order valence-electron chi connectivity index (χ3n) is 4.36. The Hall–Kier alpha value is -2.21. The molecular weight excluding hydrogens is 423 g/mol. The van der Waals surface area contributed by atoms with E-state index in [1.165, 1.54) is 5.38 Å². The molecule has 0 aliphatic carbocycles. The topological polar surface area (TPSA) is 109 Å². The minimum absolute atomic E-state index is 0.0303. The molecule has 0 saturated heterocycles. The van der Waals surface area contributed by atoms with Crippen molar-refractivity contribution in [2.24, 2.45) is 5.73 Å². The molecule has 1 heterocycles. The lowest BCUT2D eigenvalue weighted by Crippen LogP contribution is -2.39. The Bertz CT molecular complexity index is 814. The van der Waals surface area contributed by atoms with Gasteiger partial charge in [-0.25, -0.2) is 4.98 Å². The Labute approximate surface area is 175 Å². The van der Waals surface area contributed by atoms with Crippen LogP contribution >= 0.6 is 11.3 Å². The van der Waals surface area contributed by atoms with Crippen molar-refractivity contribution in [3.05, 3.63) is 45.9 Å². The number of benzene rings is 1. The number of thiazole rings is 1. The van der Waals surface area contributed by atoms with E-state index in [0.717, 1.165) is 5.56 Å². The van der Waals surface area contributed by atoms with Crippen molar-refractivity contribution in [3.63, 3.8) is 0 Å². The number of rotatable bonds is 11. The molecule has 0 saturated carbocycles. The van der Waals surface area contributed by atoms with Gasteiger partial charge in [0.25, 0.3) is 5.91 Å². The van der Waals surface area contributed by atoms with Crippen LogP contribution in [0.15, 0.2) is 29.6 Å². The number of halogens is 3. The molecule has 30 heavy (non-hydrogen) atoms. The molecule has 0 spiro atoms. The van der Waals surface area contributed by atoms with E-state index in [1.54, 1.807) is 17.0 Å². The molecule has 7 nitrogen and oxygen atoms in total. The van der Waals surface area contributed by atoms with E-state index in [9.17, 15) is 28.2 Å². The fourth-order valence-corrected chi connectivity index (χ4v) is 3.59. The van der Waals surface area contributed by atoms with Crippen molar-refractivity contribution in [3.8, 4) is 5.75 Å². The second-order valence-electron chi connectivity index (χ2n) is 6.76. The lowest BCUT2D eigenvalue weighted by molar-refractivity contribution is -0.137. The molecular formula is C19H24F3N3O4S. The number of nitrogens with zero attached hydrogens (tertiary/aromatic N) is 2. The Kier molecular flexibility index (Phi) is 8.59. The molecule has 2 unspecified atom stereocenters. The van der Waals surface area contributed by atoms with Gasteiger partial charge in [-0.2, -0.15) is 13.2 Å². The number of aliphatic hydroxyl groups excluding tert-OH is 2. The van der Waals surface area contributed by atoms with E-state index in [-0.39, 0.29) is 38.0 Å². The van der Waals surface area contributed by atoms with E-state index in [0.29, 0.717) is 23.5 Å². The van der Waals surface area contributed by atoms with Gasteiger partial charge in [0, 0.05) is 24.5 Å². The van der Waals surface area contributed by atoms with Crippen molar-refractivity contribution >= 4 is 17.2 Å². The zero-order valence-corrected chi connectivity index (χ0v) is 17.1. The zero-order chi connectivity index (χ0) is 22.3. The van der Waals surface area contributed by atoms with Crippen LogP contribution in [0.2, 0.25) is 0 Å². The van der Waals surface area contributed by atoms with Crippen LogP contribution in [0.25, 0.3) is 0 Å². The number of hydrogen-bond acceptors (Lipinski definition) is 7. The molecule has 2 atom stereocenters. The van der Waals surface area contributed by atoms with Crippen LogP contribution in [0.5, 0.6) is 5.75 Å². The number of aromatic nitrogens is 1. The van der Waals surface area contributed by atoms with Gasteiger partial charge in [-0.1, -0.05) is 12.1 Å². The summed E-state index contributed by atoms with van der Waals surface area (Å²) in [6.07, 6.45) is -5.20. The number of primary amides is 1. The number of ether oxygens (including phenoxy) is 1. The first kappa shape index (κ1) is 24.1. The van der Waals surface area contributed by atoms with Crippen LogP contribution in [0.3, 0.4) is 0 Å². The summed E-state index contributed by atoms with van der Waals surface area (Å²) < 4.78 is 43.4. The van der Waals surface area contributed by atoms with Crippen molar-refractivity contribution in [2.45, 2.75) is 31.7 Å². The first-order valence-corrected chi connectivity index (χ1v) is 10.0. The molecule has 2 aromatic rings. The van der Waals surface area contributed by atoms with Crippen LogP contribution in [0, 0.1) is 0 Å². The van der Waals surface area contributed by atoms with Gasteiger partial charge in [0.05, 0.1) is 12.3 Å². The fourth-order valence-electron chi connectivity index (χ4n) is 2.85. The summed E-state index contributed by atoms with van der Waals surface area (Å²) in [5.74, 6) is -0.0785. The third kappa shape index (κ3) is 7.24. The number of carbonyl (C=O) groups is 1. The fraction of sp³-hybridized carbons (Fsp3) is 0.474. The quantitative estimate of drug-likeness (QED) is 0.486. The lowest BCUT2D eigenvalue weighted by Gasteiger charge is -2.30. The van der Waals surface area contributed by atoms with Gasteiger partial charge in [0.1, 0.15) is 11.9 Å². The highest BCUT2D eigenvalue weighted by molar-refractivity contribution is 7.09. The summed E-state index contributed by atoms with van der Waals surface area (Å²) in [5.41, 5.74) is 5.93. The number of amides is 1. The first-order chi connectivity index (χ1) is 14.1. The molecule has 2 rings (SSSR count). The van der Waals surface area contributed by atoms with Gasteiger partial charge in [0.2, 0.25) is 0 Å². The lowest BCUT2D eigenvalue weighted by atomic mass is 10.0. The van der Waals surface area contributed by atoms with Gasteiger partial charge in [0.15, 0.2) is 11.6 Å². The number of nitrogens with two attached hydrogens (primary N) is 1. The summed E-state index contributed by atoms with van der Waals surface area (Å²) in [4.78, 5) is 16.0. The third-order valence-corrected chi connectivity index (χ3v) is 5.26. The maximum absolute atomic E-state index is 12.7. The van der Waals surface area contributed by atoms with Crippen LogP contribution < -0.4 is 10.5 Å². The largest absolute Gasteiger partial charge is 0.484 e. The highest BCUT2D eigenvalue weighted by atomic mass is 32.1. The van der Waals surface area contributed by atoms with Crippen LogP contribution in [-0.4, -0.2) is 58.3 Å². The summed E-state index contributed by atoms with van der Waals surface area (Å²) >= 11 is 0.439. The van der Waals surface area contributed by atoms with Gasteiger partial charge < -0.3 is 20.7 Å².